The van der Waals surface area contributed by atoms with E-state index in [1.54, 1.807) is 6.20 Å². The summed E-state index contributed by atoms with van der Waals surface area (Å²) in [5.74, 6) is 0.914. The summed E-state index contributed by atoms with van der Waals surface area (Å²) in [5, 5.41) is 7.30. The molecule has 0 aliphatic carbocycles. The van der Waals surface area contributed by atoms with Crippen LogP contribution in [-0.4, -0.2) is 10.1 Å². The molecule has 0 atom stereocenters. The van der Waals surface area contributed by atoms with Gasteiger partial charge in [-0.1, -0.05) is 5.16 Å². The Hall–Kier alpha value is -1.68. The van der Waals surface area contributed by atoms with E-state index >= 15 is 0 Å². The first-order chi connectivity index (χ1) is 7.36. The molecule has 1 aliphatic rings. The average Bonchev–Trinajstić information content (AvgIpc) is 2.52. The zero-order chi connectivity index (χ0) is 10.3. The van der Waals surface area contributed by atoms with Crippen molar-refractivity contribution in [2.45, 2.75) is 20.0 Å². The van der Waals surface area contributed by atoms with Gasteiger partial charge in [0.1, 0.15) is 0 Å². The monoisotopic (exact) mass is 201 g/mol. The second-order valence-electron chi connectivity index (χ2n) is 3.70. The van der Waals surface area contributed by atoms with Gasteiger partial charge >= 0.3 is 0 Å². The molecule has 2 aromatic rings. The van der Waals surface area contributed by atoms with Crippen molar-refractivity contribution < 1.29 is 4.52 Å². The Kier molecular flexibility index (Phi) is 1.82. The fourth-order valence-corrected chi connectivity index (χ4v) is 2.00. The highest BCUT2D eigenvalue weighted by molar-refractivity contribution is 5.71. The molecule has 0 bridgehead atoms. The highest BCUT2D eigenvalue weighted by atomic mass is 16.5. The number of nitrogens with zero attached hydrogens (tertiary/aromatic N) is 2. The van der Waals surface area contributed by atoms with Crippen LogP contribution in [-0.2, 0) is 13.1 Å². The van der Waals surface area contributed by atoms with E-state index in [4.69, 9.17) is 4.52 Å². The molecule has 0 aromatic carbocycles. The molecule has 0 spiro atoms. The largest absolute Gasteiger partial charge is 0.359 e. The summed E-state index contributed by atoms with van der Waals surface area (Å²) in [4.78, 5) is 4.14. The Bertz CT molecular complexity index is 504. The predicted molar refractivity (Wildman–Crippen MR) is 55.0 cm³/mol. The summed E-state index contributed by atoms with van der Waals surface area (Å²) in [6.45, 7) is 3.52. The minimum atomic E-state index is 0.727. The number of fused-ring (bicyclic) bond motifs is 3. The molecule has 4 heteroatoms. The zero-order valence-electron chi connectivity index (χ0n) is 8.45. The smallest absolute Gasteiger partial charge is 0.158 e. The van der Waals surface area contributed by atoms with Crippen molar-refractivity contribution in [2.24, 2.45) is 0 Å². The van der Waals surface area contributed by atoms with Gasteiger partial charge in [0.05, 0.1) is 12.2 Å². The van der Waals surface area contributed by atoms with Crippen molar-refractivity contribution >= 4 is 0 Å². The van der Waals surface area contributed by atoms with E-state index < -0.39 is 0 Å². The minimum absolute atomic E-state index is 0.727. The van der Waals surface area contributed by atoms with Crippen LogP contribution in [0, 0.1) is 6.92 Å². The van der Waals surface area contributed by atoms with E-state index in [1.165, 1.54) is 11.1 Å². The van der Waals surface area contributed by atoms with Gasteiger partial charge in [0.15, 0.2) is 5.76 Å². The third-order valence-corrected chi connectivity index (χ3v) is 2.71. The van der Waals surface area contributed by atoms with Crippen molar-refractivity contribution in [2.75, 3.05) is 0 Å². The van der Waals surface area contributed by atoms with Crippen LogP contribution in [0.2, 0.25) is 0 Å². The molecule has 0 unspecified atom stereocenters. The summed E-state index contributed by atoms with van der Waals surface area (Å²) in [5.41, 5.74) is 4.45. The van der Waals surface area contributed by atoms with Crippen LogP contribution in [0.15, 0.2) is 23.0 Å². The summed E-state index contributed by atoms with van der Waals surface area (Å²) in [6.07, 6.45) is 3.70. The maximum Gasteiger partial charge on any atom is 0.158 e. The molecule has 15 heavy (non-hydrogen) atoms. The van der Waals surface area contributed by atoms with Crippen molar-refractivity contribution in [3.05, 3.63) is 35.5 Å². The molecule has 0 saturated carbocycles. The average molecular weight is 201 g/mol. The number of pyridine rings is 1. The highest BCUT2D eigenvalue weighted by Gasteiger charge is 2.20. The van der Waals surface area contributed by atoms with Crippen LogP contribution in [0.1, 0.15) is 17.0 Å². The summed E-state index contributed by atoms with van der Waals surface area (Å²) in [7, 11) is 0. The lowest BCUT2D eigenvalue weighted by atomic mass is 10.0. The molecule has 0 amide bonds. The minimum Gasteiger partial charge on any atom is -0.359 e. The Balaban J connectivity index is 2.30. The van der Waals surface area contributed by atoms with Crippen LogP contribution >= 0.6 is 0 Å². The predicted octanol–water partition coefficient (Wildman–Crippen LogP) is 1.65. The van der Waals surface area contributed by atoms with E-state index in [1.807, 2.05) is 19.2 Å². The molecule has 1 aliphatic heterocycles. The fraction of sp³-hybridized carbons (Fsp3) is 0.273. The molecule has 0 fully saturated rings. The summed E-state index contributed by atoms with van der Waals surface area (Å²) >= 11 is 0. The third-order valence-electron chi connectivity index (χ3n) is 2.71. The first kappa shape index (κ1) is 8.61. The molecular formula is C11H11N3O. The number of aromatic nitrogens is 2. The van der Waals surface area contributed by atoms with Crippen molar-refractivity contribution in [1.29, 1.82) is 0 Å². The molecule has 4 nitrogen and oxygen atoms in total. The molecular weight excluding hydrogens is 190 g/mol. The fourth-order valence-electron chi connectivity index (χ4n) is 2.00. The molecule has 3 heterocycles. The van der Waals surface area contributed by atoms with Gasteiger partial charge < -0.3 is 9.84 Å². The zero-order valence-corrected chi connectivity index (χ0v) is 8.45. The Morgan fingerprint density at radius 1 is 1.40 bits per heavy atom. The van der Waals surface area contributed by atoms with Crippen LogP contribution in [0.25, 0.3) is 11.1 Å². The summed E-state index contributed by atoms with van der Waals surface area (Å²) < 4.78 is 5.29. The van der Waals surface area contributed by atoms with E-state index in [2.05, 4.69) is 15.5 Å². The van der Waals surface area contributed by atoms with Crippen LogP contribution in [0.3, 0.4) is 0 Å². The normalized spacial score (nSPS) is 14.2. The van der Waals surface area contributed by atoms with E-state index in [9.17, 15) is 0 Å². The van der Waals surface area contributed by atoms with Gasteiger partial charge in [0.25, 0.3) is 0 Å². The van der Waals surface area contributed by atoms with Crippen molar-refractivity contribution in [3.8, 4) is 11.1 Å². The lowest BCUT2D eigenvalue weighted by Crippen LogP contribution is -2.10. The van der Waals surface area contributed by atoms with Crippen molar-refractivity contribution in [1.82, 2.24) is 15.5 Å². The summed E-state index contributed by atoms with van der Waals surface area (Å²) in [6, 6.07) is 2.02. The Morgan fingerprint density at radius 2 is 2.33 bits per heavy atom. The lowest BCUT2D eigenvalue weighted by Gasteiger charge is -2.03. The van der Waals surface area contributed by atoms with E-state index in [0.717, 1.165) is 30.1 Å². The first-order valence-electron chi connectivity index (χ1n) is 4.95. The van der Waals surface area contributed by atoms with Crippen LogP contribution in [0.5, 0.6) is 0 Å². The first-order valence-corrected chi connectivity index (χ1v) is 4.95. The molecule has 0 radical (unpaired) electrons. The van der Waals surface area contributed by atoms with Gasteiger partial charge in [0, 0.05) is 24.5 Å². The number of rotatable bonds is 0. The maximum atomic E-state index is 5.29. The molecule has 3 rings (SSSR count). The maximum absolute atomic E-state index is 5.29. The number of aryl methyl sites for hydroxylation is 1. The molecule has 0 saturated heterocycles. The van der Waals surface area contributed by atoms with Crippen LogP contribution < -0.4 is 5.32 Å². The second kappa shape index (κ2) is 3.17. The Morgan fingerprint density at radius 3 is 3.27 bits per heavy atom. The topological polar surface area (TPSA) is 51.0 Å². The number of hydrogen-bond acceptors (Lipinski definition) is 4. The van der Waals surface area contributed by atoms with E-state index in [0.29, 0.717) is 0 Å². The van der Waals surface area contributed by atoms with Gasteiger partial charge in [-0.2, -0.15) is 0 Å². The number of hydrogen-bond donors (Lipinski definition) is 1. The van der Waals surface area contributed by atoms with E-state index in [-0.39, 0.29) is 0 Å². The van der Waals surface area contributed by atoms with Gasteiger partial charge in [-0.05, 0) is 24.1 Å². The van der Waals surface area contributed by atoms with Gasteiger partial charge in [0.2, 0.25) is 0 Å². The highest BCUT2D eigenvalue weighted by Crippen LogP contribution is 2.31. The van der Waals surface area contributed by atoms with Crippen molar-refractivity contribution in [3.63, 3.8) is 0 Å². The van der Waals surface area contributed by atoms with Crippen LogP contribution in [0.4, 0.5) is 0 Å². The third kappa shape index (κ3) is 1.26. The Labute approximate surface area is 87.3 Å². The van der Waals surface area contributed by atoms with Gasteiger partial charge in [-0.15, -0.1) is 0 Å². The molecule has 1 N–H and O–H groups in total. The second-order valence-corrected chi connectivity index (χ2v) is 3.70. The van der Waals surface area contributed by atoms with Gasteiger partial charge in [-0.25, -0.2) is 0 Å². The quantitative estimate of drug-likeness (QED) is 0.704. The molecule has 76 valence electrons. The lowest BCUT2D eigenvalue weighted by molar-refractivity contribution is 0.371. The number of nitrogens with one attached hydrogen (secondary N) is 1. The SMILES string of the molecule is Cc1noc2c1-c1ccncc1CNC2. The van der Waals surface area contributed by atoms with Gasteiger partial charge in [-0.3, -0.25) is 4.98 Å². The standard InChI is InChI=1S/C11H11N3O/c1-7-11-9-2-3-12-4-8(9)5-13-6-10(11)15-14-7/h2-4,13H,5-6H2,1H3. The molecule has 2 aromatic heterocycles.